The van der Waals surface area contributed by atoms with Crippen LogP contribution in [0.15, 0.2) is 0 Å². The van der Waals surface area contributed by atoms with Crippen molar-refractivity contribution < 1.29 is 9.84 Å². The van der Waals surface area contributed by atoms with E-state index in [1.165, 1.54) is 12.8 Å². The zero-order valence-corrected chi connectivity index (χ0v) is 7.37. The molecular weight excluding hydrogens is 154 g/mol. The Morgan fingerprint density at radius 3 is 2.50 bits per heavy atom. The molecule has 2 fully saturated rings. The zero-order chi connectivity index (χ0) is 8.39. The molecule has 0 aromatic heterocycles. The molecule has 0 saturated carbocycles. The van der Waals surface area contributed by atoms with Crippen LogP contribution in [0.4, 0.5) is 0 Å². The number of hydrogen-bond donors (Lipinski definition) is 0. The van der Waals surface area contributed by atoms with Crippen LogP contribution < -0.4 is 0 Å². The number of nitrogens with zero attached hydrogens (tertiary/aromatic N) is 1. The topological polar surface area (TPSA) is 32.4 Å². The molecule has 2 rings (SSSR count). The Labute approximate surface area is 73.3 Å². The molecule has 0 aliphatic carbocycles. The molecule has 0 N–H and O–H groups in total. The van der Waals surface area contributed by atoms with E-state index in [0.717, 1.165) is 26.2 Å². The maximum Gasteiger partial charge on any atom is 0.0834 e. The van der Waals surface area contributed by atoms with E-state index in [0.29, 0.717) is 12.1 Å². The van der Waals surface area contributed by atoms with E-state index < -0.39 is 0 Å². The molecule has 2 atom stereocenters. The van der Waals surface area contributed by atoms with Gasteiger partial charge in [-0.15, -0.1) is 0 Å². The second kappa shape index (κ2) is 3.73. The summed E-state index contributed by atoms with van der Waals surface area (Å²) in [6, 6.07) is 1.24. The lowest BCUT2D eigenvalue weighted by atomic mass is 10.2. The maximum absolute atomic E-state index is 10.3. The minimum atomic E-state index is 0.0663. The first-order valence-corrected chi connectivity index (χ1v) is 4.83. The summed E-state index contributed by atoms with van der Waals surface area (Å²) in [5.41, 5.74) is 0. The number of ether oxygens (including phenoxy) is 1. The standard InChI is InChI=1S/C9H16NO2/c11-5-1-4-10-8-2-3-9(10)7-12-6-8/h8-9H,1-7H2. The minimum Gasteiger partial charge on any atom is -0.378 e. The Balaban J connectivity index is 1.87. The van der Waals surface area contributed by atoms with Gasteiger partial charge in [-0.2, -0.15) is 0 Å². The molecular formula is C9H16NO2. The van der Waals surface area contributed by atoms with Gasteiger partial charge in [0.2, 0.25) is 0 Å². The predicted octanol–water partition coefficient (Wildman–Crippen LogP) is 0.670. The molecule has 0 aromatic carbocycles. The molecule has 2 saturated heterocycles. The van der Waals surface area contributed by atoms with Crippen molar-refractivity contribution in [2.45, 2.75) is 31.3 Å². The Hall–Kier alpha value is -0.120. The van der Waals surface area contributed by atoms with Crippen molar-refractivity contribution in [3.63, 3.8) is 0 Å². The molecule has 69 valence electrons. The van der Waals surface area contributed by atoms with E-state index in [1.807, 2.05) is 0 Å². The summed E-state index contributed by atoms with van der Waals surface area (Å²) in [6.07, 6.45) is 3.33. The number of fused-ring (bicyclic) bond motifs is 2. The highest BCUT2D eigenvalue weighted by molar-refractivity contribution is 4.90. The Kier molecular flexibility index (Phi) is 2.63. The predicted molar refractivity (Wildman–Crippen MR) is 44.5 cm³/mol. The largest absolute Gasteiger partial charge is 0.378 e. The SMILES string of the molecule is [O]CCCN1C2CCC1COC2. The van der Waals surface area contributed by atoms with Crippen LogP contribution in [-0.4, -0.2) is 43.3 Å². The van der Waals surface area contributed by atoms with Gasteiger partial charge in [0.15, 0.2) is 0 Å². The zero-order valence-electron chi connectivity index (χ0n) is 7.37. The highest BCUT2D eigenvalue weighted by Crippen LogP contribution is 2.28. The van der Waals surface area contributed by atoms with Gasteiger partial charge in [-0.05, 0) is 19.3 Å². The average Bonchev–Trinajstić information content (AvgIpc) is 2.36. The van der Waals surface area contributed by atoms with Crippen molar-refractivity contribution in [2.24, 2.45) is 0 Å². The molecule has 2 heterocycles. The van der Waals surface area contributed by atoms with E-state index >= 15 is 0 Å². The van der Waals surface area contributed by atoms with Gasteiger partial charge in [-0.3, -0.25) is 4.90 Å². The van der Waals surface area contributed by atoms with Gasteiger partial charge in [-0.25, -0.2) is 5.11 Å². The van der Waals surface area contributed by atoms with Crippen LogP contribution in [0.1, 0.15) is 19.3 Å². The summed E-state index contributed by atoms with van der Waals surface area (Å²) in [5, 5.41) is 10.3. The van der Waals surface area contributed by atoms with Crippen LogP contribution in [0, 0.1) is 0 Å². The van der Waals surface area contributed by atoms with Crippen molar-refractivity contribution in [3.8, 4) is 0 Å². The molecule has 2 unspecified atom stereocenters. The first kappa shape index (κ1) is 8.48. The summed E-state index contributed by atoms with van der Waals surface area (Å²) in [5.74, 6) is 0. The summed E-state index contributed by atoms with van der Waals surface area (Å²) < 4.78 is 5.45. The van der Waals surface area contributed by atoms with Gasteiger partial charge in [-0.1, -0.05) is 0 Å². The van der Waals surface area contributed by atoms with Crippen LogP contribution in [0.25, 0.3) is 0 Å². The fraction of sp³-hybridized carbons (Fsp3) is 1.00. The third-order valence-electron chi connectivity index (χ3n) is 2.95. The molecule has 0 aromatic rings. The van der Waals surface area contributed by atoms with E-state index in [-0.39, 0.29) is 6.61 Å². The lowest BCUT2D eigenvalue weighted by Gasteiger charge is -2.34. The van der Waals surface area contributed by atoms with Crippen LogP contribution >= 0.6 is 0 Å². The van der Waals surface area contributed by atoms with Crippen LogP contribution in [0.3, 0.4) is 0 Å². The molecule has 2 aliphatic heterocycles. The van der Waals surface area contributed by atoms with E-state index in [9.17, 15) is 5.11 Å². The molecule has 3 nitrogen and oxygen atoms in total. The summed E-state index contributed by atoms with van der Waals surface area (Å²) >= 11 is 0. The highest BCUT2D eigenvalue weighted by atomic mass is 16.5. The van der Waals surface area contributed by atoms with Gasteiger partial charge in [0.05, 0.1) is 19.8 Å². The molecule has 0 spiro atoms. The third kappa shape index (κ3) is 1.49. The summed E-state index contributed by atoms with van der Waals surface area (Å²) in [4.78, 5) is 2.47. The maximum atomic E-state index is 10.3. The van der Waals surface area contributed by atoms with Crippen LogP contribution in [-0.2, 0) is 9.84 Å². The van der Waals surface area contributed by atoms with Crippen molar-refractivity contribution in [2.75, 3.05) is 26.4 Å². The van der Waals surface area contributed by atoms with Gasteiger partial charge >= 0.3 is 0 Å². The molecule has 2 bridgehead atoms. The average molecular weight is 170 g/mol. The first-order valence-electron chi connectivity index (χ1n) is 4.83. The van der Waals surface area contributed by atoms with Crippen LogP contribution in [0.5, 0.6) is 0 Å². The van der Waals surface area contributed by atoms with Crippen molar-refractivity contribution in [1.82, 2.24) is 4.90 Å². The first-order chi connectivity index (χ1) is 5.92. The van der Waals surface area contributed by atoms with Crippen molar-refractivity contribution in [3.05, 3.63) is 0 Å². The van der Waals surface area contributed by atoms with Gasteiger partial charge < -0.3 is 4.74 Å². The third-order valence-corrected chi connectivity index (χ3v) is 2.95. The Morgan fingerprint density at radius 1 is 1.25 bits per heavy atom. The lowest BCUT2D eigenvalue weighted by molar-refractivity contribution is -0.0176. The summed E-state index contributed by atoms with van der Waals surface area (Å²) in [7, 11) is 0. The van der Waals surface area contributed by atoms with E-state index in [1.54, 1.807) is 0 Å². The van der Waals surface area contributed by atoms with Gasteiger partial charge in [0.25, 0.3) is 0 Å². The molecule has 12 heavy (non-hydrogen) atoms. The fourth-order valence-electron chi connectivity index (χ4n) is 2.33. The van der Waals surface area contributed by atoms with Crippen molar-refractivity contribution in [1.29, 1.82) is 0 Å². The number of morpholine rings is 1. The quantitative estimate of drug-likeness (QED) is 0.623. The minimum absolute atomic E-state index is 0.0663. The lowest BCUT2D eigenvalue weighted by Crippen LogP contribution is -2.46. The smallest absolute Gasteiger partial charge is 0.0834 e. The normalized spacial score (nSPS) is 35.8. The fourth-order valence-corrected chi connectivity index (χ4v) is 2.33. The van der Waals surface area contributed by atoms with E-state index in [2.05, 4.69) is 4.90 Å². The second-order valence-electron chi connectivity index (χ2n) is 3.72. The monoisotopic (exact) mass is 170 g/mol. The van der Waals surface area contributed by atoms with Crippen LogP contribution in [0.2, 0.25) is 0 Å². The summed E-state index contributed by atoms with van der Waals surface area (Å²) in [6.45, 7) is 2.82. The highest BCUT2D eigenvalue weighted by Gasteiger charge is 2.36. The molecule has 0 amide bonds. The molecule has 3 heteroatoms. The Bertz CT molecular complexity index is 135. The second-order valence-corrected chi connectivity index (χ2v) is 3.72. The van der Waals surface area contributed by atoms with E-state index in [4.69, 9.17) is 4.74 Å². The van der Waals surface area contributed by atoms with Gasteiger partial charge in [0.1, 0.15) is 0 Å². The van der Waals surface area contributed by atoms with Gasteiger partial charge in [0, 0.05) is 18.6 Å². The number of rotatable bonds is 3. The Morgan fingerprint density at radius 2 is 1.92 bits per heavy atom. The molecule has 1 radical (unpaired) electrons. The van der Waals surface area contributed by atoms with Crippen molar-refractivity contribution >= 4 is 0 Å². The number of hydrogen-bond acceptors (Lipinski definition) is 2. The molecule has 2 aliphatic rings.